The molecule has 1 atom stereocenters. The molecule has 0 aromatic carbocycles. The molecule has 8 amide bonds. The molecule has 1 radical (unpaired) electrons. The number of hydrazine groups is 2. The summed E-state index contributed by atoms with van der Waals surface area (Å²) < 4.78 is 0. The van der Waals surface area contributed by atoms with Gasteiger partial charge in [0.25, 0.3) is 0 Å². The Morgan fingerprint density at radius 2 is 1.22 bits per heavy atom. The minimum atomic E-state index is -1.29. The summed E-state index contributed by atoms with van der Waals surface area (Å²) in [5, 5.41) is 10.0. The van der Waals surface area contributed by atoms with Crippen molar-refractivity contribution in [3.8, 4) is 0 Å². The predicted molar refractivity (Wildman–Crippen MR) is 205 cm³/mol. The van der Waals surface area contributed by atoms with E-state index in [4.69, 9.17) is 28.7 Å². The van der Waals surface area contributed by atoms with Gasteiger partial charge in [0.05, 0.1) is 6.54 Å². The molecule has 20 nitrogen and oxygen atoms in total. The van der Waals surface area contributed by atoms with E-state index in [9.17, 15) is 28.8 Å². The summed E-state index contributed by atoms with van der Waals surface area (Å²) in [6, 6.07) is -1.74. The van der Waals surface area contributed by atoms with E-state index in [1.165, 1.54) is 4.90 Å². The highest BCUT2D eigenvalue weighted by Gasteiger charge is 2.33. The van der Waals surface area contributed by atoms with E-state index in [1.807, 2.05) is 0 Å². The summed E-state index contributed by atoms with van der Waals surface area (Å²) in [4.78, 5) is 80.2. The highest BCUT2D eigenvalue weighted by Crippen LogP contribution is 2.14. The lowest BCUT2D eigenvalue weighted by Gasteiger charge is -2.35. The van der Waals surface area contributed by atoms with Crippen molar-refractivity contribution in [2.45, 2.75) is 121 Å². The Labute approximate surface area is 320 Å². The van der Waals surface area contributed by atoms with Crippen molar-refractivity contribution in [3.63, 3.8) is 0 Å². The number of carbonyl (C=O) groups is 6. The molecule has 1 fully saturated rings. The summed E-state index contributed by atoms with van der Waals surface area (Å²) in [5.41, 5.74) is 36.6. The van der Waals surface area contributed by atoms with Crippen molar-refractivity contribution in [1.82, 2.24) is 47.3 Å². The second kappa shape index (κ2) is 28.6. The Balaban J connectivity index is 3.21. The van der Waals surface area contributed by atoms with Gasteiger partial charge in [0.2, 0.25) is 23.6 Å². The number of likely N-dealkylation sites (tertiary alicyclic amines) is 1. The van der Waals surface area contributed by atoms with E-state index in [0.29, 0.717) is 82.8 Å². The molecule has 20 heteroatoms. The maximum Gasteiger partial charge on any atom is 0.379 e. The van der Waals surface area contributed by atoms with Crippen LogP contribution in [-0.4, -0.2) is 122 Å². The van der Waals surface area contributed by atoms with E-state index < -0.39 is 29.5 Å². The number of rotatable bonds is 25. The van der Waals surface area contributed by atoms with Gasteiger partial charge < -0.3 is 49.5 Å². The maximum absolute atomic E-state index is 14.1. The average Bonchev–Trinajstić information content (AvgIpc) is 3.14. The zero-order valence-electron chi connectivity index (χ0n) is 32.4. The Bertz CT molecular complexity index is 1130. The quantitative estimate of drug-likeness (QED) is 0.0293. The van der Waals surface area contributed by atoms with Crippen molar-refractivity contribution in [2.24, 2.45) is 28.7 Å². The number of carbonyl (C=O) groups excluding carboxylic acids is 6. The van der Waals surface area contributed by atoms with Crippen molar-refractivity contribution in [3.05, 3.63) is 0 Å². The van der Waals surface area contributed by atoms with Crippen molar-refractivity contribution < 1.29 is 28.8 Å². The van der Waals surface area contributed by atoms with Crippen LogP contribution in [0.2, 0.25) is 0 Å². The van der Waals surface area contributed by atoms with E-state index in [2.05, 4.69) is 32.2 Å². The molecule has 1 rings (SSSR count). The summed E-state index contributed by atoms with van der Waals surface area (Å²) in [6.07, 6.45) is 8.73. The highest BCUT2D eigenvalue weighted by molar-refractivity contribution is 5.86. The normalized spacial score (nSPS) is 14.1. The standard InChI is InChI=1S/C34H69N14O6/c1-40-25-31(52)42-34(26-38,41-28(49)15-12-21-37)18-8-11-22-47(43-29(50)13-7-5-10-20-36)33(54)48(44-30(51)14-6-3-2-4-9-19-35)45-32(53)46-23-16-27(39)17-24-46/h27,40H,2-26,35-39H2,1H3,(H,41,49)(H,42,52)(H,43,50)(H,44,51)/t34-/m0/s1. The number of nitrogens with two attached hydrogens (primary N) is 5. The van der Waals surface area contributed by atoms with Crippen molar-refractivity contribution in [2.75, 3.05) is 59.4 Å². The number of unbranched alkanes of at least 4 members (excludes halogenated alkanes) is 7. The van der Waals surface area contributed by atoms with Crippen LogP contribution in [0, 0.1) is 0 Å². The van der Waals surface area contributed by atoms with Crippen LogP contribution in [-0.2, 0) is 19.2 Å². The minimum Gasteiger partial charge on any atom is -0.332 e. The van der Waals surface area contributed by atoms with Gasteiger partial charge in [-0.3, -0.25) is 24.6 Å². The first-order valence-corrected chi connectivity index (χ1v) is 19.5. The molecule has 0 saturated carbocycles. The fourth-order valence-electron chi connectivity index (χ4n) is 5.74. The topological polar surface area (TPSA) is 316 Å². The first kappa shape index (κ1) is 48.2. The van der Waals surface area contributed by atoms with Crippen LogP contribution >= 0.6 is 0 Å². The molecule has 0 aromatic rings. The van der Waals surface area contributed by atoms with Crippen LogP contribution in [0.3, 0.4) is 0 Å². The molecule has 1 saturated heterocycles. The van der Waals surface area contributed by atoms with E-state index >= 15 is 0 Å². The van der Waals surface area contributed by atoms with Gasteiger partial charge in [-0.2, -0.15) is 0 Å². The Kier molecular flexibility index (Phi) is 25.5. The summed E-state index contributed by atoms with van der Waals surface area (Å²) in [5.74, 6) is -1.70. The zero-order valence-corrected chi connectivity index (χ0v) is 32.4. The number of hydrogen-bond acceptors (Lipinski definition) is 12. The van der Waals surface area contributed by atoms with Crippen molar-refractivity contribution in [1.29, 1.82) is 0 Å². The lowest BCUT2D eigenvalue weighted by atomic mass is 10.0. The van der Waals surface area contributed by atoms with E-state index in [0.717, 1.165) is 37.1 Å². The molecule has 1 aliphatic heterocycles. The van der Waals surface area contributed by atoms with Gasteiger partial charge in [0, 0.05) is 51.5 Å². The zero-order chi connectivity index (χ0) is 40.2. The molecule has 1 heterocycles. The van der Waals surface area contributed by atoms with Crippen LogP contribution in [0.1, 0.15) is 109 Å². The summed E-state index contributed by atoms with van der Waals surface area (Å²) in [7, 11) is 1.61. The molecule has 54 heavy (non-hydrogen) atoms. The Morgan fingerprint density at radius 1 is 0.685 bits per heavy atom. The van der Waals surface area contributed by atoms with Crippen LogP contribution < -0.4 is 60.9 Å². The molecule has 0 unspecified atom stereocenters. The molecule has 0 aromatic heterocycles. The number of hydrogen-bond donors (Lipinski definition) is 10. The van der Waals surface area contributed by atoms with Gasteiger partial charge in [-0.05, 0) is 90.9 Å². The van der Waals surface area contributed by atoms with Gasteiger partial charge in [0.1, 0.15) is 5.66 Å². The number of urea groups is 2. The number of nitrogens with one attached hydrogen (secondary N) is 5. The van der Waals surface area contributed by atoms with Gasteiger partial charge in [-0.1, -0.05) is 31.1 Å². The van der Waals surface area contributed by atoms with Crippen LogP contribution in [0.5, 0.6) is 0 Å². The Hall–Kier alpha value is -3.82. The fraction of sp³-hybridized carbons (Fsp3) is 0.824. The molecular formula is C34H69N14O6. The SMILES string of the molecule is CNCC(=O)N[C@](CN)(CCCCN(NC(=O)CCCCCN)C(=O)N([N]C(=O)N1CCC(N)CC1)NC(=O)CCCCCCCN)NC(=O)CCCN. The second-order valence-electron chi connectivity index (χ2n) is 13.7. The summed E-state index contributed by atoms with van der Waals surface area (Å²) >= 11 is 0. The van der Waals surface area contributed by atoms with Crippen LogP contribution in [0.15, 0.2) is 0 Å². The van der Waals surface area contributed by atoms with Crippen molar-refractivity contribution >= 4 is 35.7 Å². The number of likely N-dealkylation sites (N-methyl/N-ethyl adjacent to an activating group) is 1. The molecule has 0 aliphatic carbocycles. The van der Waals surface area contributed by atoms with Crippen LogP contribution in [0.25, 0.3) is 0 Å². The first-order valence-electron chi connectivity index (χ1n) is 19.5. The second-order valence-corrected chi connectivity index (χ2v) is 13.7. The molecule has 311 valence electrons. The molecule has 1 aliphatic rings. The minimum absolute atomic E-state index is 0.0116. The van der Waals surface area contributed by atoms with Gasteiger partial charge in [0.15, 0.2) is 0 Å². The average molecular weight is 770 g/mol. The maximum atomic E-state index is 14.1. The molecule has 0 bridgehead atoms. The smallest absolute Gasteiger partial charge is 0.332 e. The third kappa shape index (κ3) is 20.6. The molecule has 0 spiro atoms. The van der Waals surface area contributed by atoms with Gasteiger partial charge >= 0.3 is 12.1 Å². The fourth-order valence-corrected chi connectivity index (χ4v) is 5.74. The largest absolute Gasteiger partial charge is 0.379 e. The third-order valence-electron chi connectivity index (χ3n) is 8.90. The van der Waals surface area contributed by atoms with Gasteiger partial charge in [-0.25, -0.2) is 20.0 Å². The predicted octanol–water partition coefficient (Wildman–Crippen LogP) is -1.33. The molecule has 15 N–H and O–H groups in total. The van der Waals surface area contributed by atoms with Crippen LogP contribution in [0.4, 0.5) is 9.59 Å². The highest BCUT2D eigenvalue weighted by atomic mass is 16.2. The number of nitrogens with zero attached hydrogens (tertiary/aromatic N) is 4. The van der Waals surface area contributed by atoms with E-state index in [-0.39, 0.29) is 69.6 Å². The lowest BCUT2D eigenvalue weighted by Crippen LogP contribution is -2.65. The number of piperidine rings is 1. The lowest BCUT2D eigenvalue weighted by molar-refractivity contribution is -0.128. The monoisotopic (exact) mass is 770 g/mol. The van der Waals surface area contributed by atoms with Gasteiger partial charge in [-0.15, -0.1) is 5.12 Å². The first-order chi connectivity index (χ1) is 25.9. The third-order valence-corrected chi connectivity index (χ3v) is 8.90. The van der Waals surface area contributed by atoms with E-state index in [1.54, 1.807) is 7.05 Å². The summed E-state index contributed by atoms with van der Waals surface area (Å²) in [6.45, 7) is 1.87. The molecular weight excluding hydrogens is 700 g/mol. The Morgan fingerprint density at radius 3 is 1.81 bits per heavy atom. The number of amides is 8.